The van der Waals surface area contributed by atoms with Gasteiger partial charge in [-0.3, -0.25) is 57.5 Å². The van der Waals surface area contributed by atoms with Crippen LogP contribution < -0.4 is 53.2 Å². The lowest BCUT2D eigenvalue weighted by Crippen LogP contribution is -2.64. The van der Waals surface area contributed by atoms with Gasteiger partial charge in [-0.2, -0.15) is 54.5 Å². The second-order valence-corrected chi connectivity index (χ2v) is 32.8. The molecule has 708 valence electrons. The number of amides is 11. The quantitative estimate of drug-likeness (QED) is 0.0322. The molecule has 18 atom stereocenters. The van der Waals surface area contributed by atoms with Crippen LogP contribution in [0, 0.1) is 106 Å². The number of hydrogen-bond acceptors (Lipinski definition) is 22. The first-order valence-corrected chi connectivity index (χ1v) is 40.8. The Balaban J connectivity index is 0.000000267. The number of aliphatic hydroxyl groups is 3. The van der Waals surface area contributed by atoms with Crippen molar-refractivity contribution in [1.82, 2.24) is 73.0 Å². The number of aromatic hydroxyl groups is 3. The number of ether oxygens (including phenoxy) is 1. The molecule has 0 aliphatic carbocycles. The number of nitrogens with zero attached hydrogens (tertiary/aromatic N) is 4. The highest BCUT2D eigenvalue weighted by Gasteiger charge is 2.46. The summed E-state index contributed by atoms with van der Waals surface area (Å²) in [5.41, 5.74) is -4.01. The minimum atomic E-state index is -2.10. The fourth-order valence-corrected chi connectivity index (χ4v) is 14.2. The van der Waals surface area contributed by atoms with Crippen molar-refractivity contribution in [2.45, 2.75) is 212 Å². The van der Waals surface area contributed by atoms with Crippen molar-refractivity contribution >= 4 is 70.9 Å². The summed E-state index contributed by atoms with van der Waals surface area (Å²) < 4.78 is 175. The predicted octanol–water partition coefficient (Wildman–Crippen LogP) is 4.42. The Morgan fingerprint density at radius 2 is 0.692 bits per heavy atom. The maximum Gasteiger partial charge on any atom is 0.312 e. The standard InChI is InChI=1S/C29H35F4N5O6.C28H33F4N5O6.C28H32F4N4O7/c1-12(2)10-18-27(42)34-14(4)22(36-26(41)15-8-6-7-9-19(15)39)28(43)35-17(23(40)13(3)29(44)38(18)5)11-16-20(30)21(31)25(33)37-24(16)32;1-11(2)9-17-27(42)33-13(4)21(36-26(41)14-7-5-6-8-18(14)38)28(43)34-16(22(39)12(3)25(40)35-17)10-15-19(29)20(30)24(32)37-23(15)31;1-11(2)9-18-26(40)33-13(4)21(35-25(39)14-7-5-6-8-17(14)37)27(41)34-16(22(38)12(3)28(42)43-18)10-15-19(29)20(30)24(32)36-23(15)31/h6-9,12-14,17-18,22-23,39-40H,10-11H2,1-5H3,(H,34,42)(H,35,43)(H,36,41);5-8,11-13,16-17,21-22,38-39H,9-10H2,1-4H3,(H,33,42)(H,34,43)(H,35,40)(H,36,41);5-8,11-13,16,18,21-22,37-38H,9-10H2,1-4H3,(H,33,40)(H,34,41)(H,35,39)/t13-,14-,17+,18?,22+,23+;12-,13-,16+,17?,21+,22+;12-,13-,16+,18?,21+,22+/m111/s1. The van der Waals surface area contributed by atoms with Gasteiger partial charge in [-0.05, 0) is 101 Å². The molecule has 3 saturated heterocycles. The average Bonchev–Trinajstić information content (AvgIpc) is 0.780. The van der Waals surface area contributed by atoms with Gasteiger partial charge in [-0.1, -0.05) is 91.8 Å². The maximum atomic E-state index is 14.6. The molecule has 3 fully saturated rings. The number of aliphatic hydroxyl groups excluding tert-OH is 3. The molecular weight excluding hydrogens is 1750 g/mol. The van der Waals surface area contributed by atoms with Crippen LogP contribution in [0.15, 0.2) is 72.8 Å². The fourth-order valence-electron chi connectivity index (χ4n) is 14.2. The van der Waals surface area contributed by atoms with E-state index < -0.39 is 303 Å². The van der Waals surface area contributed by atoms with Gasteiger partial charge in [0, 0.05) is 43.0 Å². The molecule has 3 aromatic heterocycles. The predicted molar refractivity (Wildman–Crippen MR) is 432 cm³/mol. The van der Waals surface area contributed by atoms with Gasteiger partial charge in [0.1, 0.15) is 47.5 Å². The number of aromatic nitrogens is 3. The van der Waals surface area contributed by atoms with Gasteiger partial charge in [0.15, 0.2) is 23.6 Å². The molecule has 0 bridgehead atoms. The molecule has 11 amide bonds. The summed E-state index contributed by atoms with van der Waals surface area (Å²) in [6.45, 7) is 18.4. The minimum Gasteiger partial charge on any atom is -0.507 e. The first-order chi connectivity index (χ1) is 60.8. The van der Waals surface area contributed by atoms with Crippen LogP contribution in [0.2, 0.25) is 0 Å². The van der Waals surface area contributed by atoms with Gasteiger partial charge < -0.3 is 93.4 Å². The van der Waals surface area contributed by atoms with Gasteiger partial charge in [0.25, 0.3) is 41.5 Å². The minimum absolute atomic E-state index is 0.0363. The van der Waals surface area contributed by atoms with Crippen molar-refractivity contribution in [2.75, 3.05) is 7.05 Å². The number of cyclic esters (lactones) is 1. The summed E-state index contributed by atoms with van der Waals surface area (Å²) in [5.74, 6) is -40.3. The van der Waals surface area contributed by atoms with Crippen LogP contribution in [-0.4, -0.2) is 219 Å². The lowest BCUT2D eigenvalue weighted by molar-refractivity contribution is -0.165. The summed E-state index contributed by atoms with van der Waals surface area (Å²) in [6.07, 6.45) is -9.72. The average molecular weight is 1850 g/mol. The highest BCUT2D eigenvalue weighted by molar-refractivity contribution is 6.02. The Hall–Kier alpha value is -12.8. The van der Waals surface area contributed by atoms with Gasteiger partial charge in [-0.25, -0.2) is 13.2 Å². The lowest BCUT2D eigenvalue weighted by atomic mass is 9.90. The zero-order valence-electron chi connectivity index (χ0n) is 72.1. The molecule has 33 nitrogen and oxygen atoms in total. The van der Waals surface area contributed by atoms with E-state index in [0.29, 0.717) is 0 Å². The van der Waals surface area contributed by atoms with Crippen molar-refractivity contribution in [3.05, 3.63) is 177 Å². The number of carbonyl (C=O) groups excluding carboxylic acids is 12. The topological polar surface area (TPSA) is 498 Å². The Labute approximate surface area is 735 Å². The second kappa shape index (κ2) is 45.4. The number of likely N-dealkylation sites (N-methyl/N-ethyl adjacent to an activating group) is 1. The van der Waals surface area contributed by atoms with E-state index in [-0.39, 0.29) is 53.7 Å². The van der Waals surface area contributed by atoms with Crippen LogP contribution in [-0.2, 0) is 67.2 Å². The highest BCUT2D eigenvalue weighted by Crippen LogP contribution is 2.30. The normalized spacial score (nSPS) is 25.2. The summed E-state index contributed by atoms with van der Waals surface area (Å²) >= 11 is 0. The molecule has 3 aromatic carbocycles. The van der Waals surface area contributed by atoms with Crippen LogP contribution in [0.25, 0.3) is 0 Å². The smallest absolute Gasteiger partial charge is 0.312 e. The molecular formula is C85H100F12N14O19. The van der Waals surface area contributed by atoms with E-state index in [9.17, 15) is 141 Å². The third-order valence-corrected chi connectivity index (χ3v) is 21.6. The Kier molecular flexibility index (Phi) is 36.4. The number of para-hydroxylation sites is 3. The maximum absolute atomic E-state index is 14.6. The molecule has 0 radical (unpaired) electrons. The van der Waals surface area contributed by atoms with Gasteiger partial charge in [0.05, 0.1) is 89.0 Å². The van der Waals surface area contributed by atoms with Crippen LogP contribution in [0.5, 0.6) is 17.2 Å². The monoisotopic (exact) mass is 1850 g/mol. The molecule has 130 heavy (non-hydrogen) atoms. The van der Waals surface area contributed by atoms with E-state index in [1.54, 1.807) is 41.5 Å². The van der Waals surface area contributed by atoms with Crippen molar-refractivity contribution < 1.29 is 146 Å². The van der Waals surface area contributed by atoms with Crippen LogP contribution in [0.3, 0.4) is 0 Å². The van der Waals surface area contributed by atoms with E-state index in [4.69, 9.17) is 4.74 Å². The number of phenols is 3. The Bertz CT molecular complexity index is 5000. The molecule has 45 heteroatoms. The van der Waals surface area contributed by atoms with E-state index in [1.807, 2.05) is 0 Å². The molecule has 3 unspecified atom stereocenters. The molecule has 9 rings (SSSR count). The van der Waals surface area contributed by atoms with E-state index >= 15 is 0 Å². The fraction of sp³-hybridized carbons (Fsp3) is 0.471. The zero-order chi connectivity index (χ0) is 97.4. The van der Waals surface area contributed by atoms with Crippen LogP contribution in [0.1, 0.15) is 150 Å². The SMILES string of the molecule is CC(C)CC1C(=O)N[C@H](C)[C@H](NC(=O)c2ccccc2O)C(=O)N[C@@H](Cc2c(F)nc(F)c(F)c2F)[C@@H](O)[C@@H](C)C(=O)N1C.CC(C)CC1NC(=O)[C@H](C)[C@H](O)[C@H](Cc2c(F)nc(F)c(F)c2F)NC(=O)[C@@H](NC(=O)c2ccccc2O)[C@@H](C)NC1=O.CC(C)CC1OC(=O)[C@H](C)[C@H](O)[C@H](Cc2c(F)nc(F)c(F)c2F)NC(=O)[C@@H](NC(=O)c2ccccc2O)[C@@H](C)NC1=O. The number of halogens is 12. The molecule has 6 heterocycles. The van der Waals surface area contributed by atoms with Crippen molar-refractivity contribution in [2.24, 2.45) is 35.5 Å². The zero-order valence-corrected chi connectivity index (χ0v) is 72.1. The first-order valence-electron chi connectivity index (χ1n) is 40.8. The highest BCUT2D eigenvalue weighted by atomic mass is 19.2. The third-order valence-electron chi connectivity index (χ3n) is 21.6. The number of hydrogen-bond donors (Lipinski definition) is 16. The van der Waals surface area contributed by atoms with Crippen LogP contribution >= 0.6 is 0 Å². The largest absolute Gasteiger partial charge is 0.507 e. The number of esters is 1. The third kappa shape index (κ3) is 26.0. The number of rotatable bonds is 18. The van der Waals surface area contributed by atoms with Crippen LogP contribution in [0.4, 0.5) is 52.7 Å². The molecule has 3 aliphatic rings. The Morgan fingerprint density at radius 3 is 1.02 bits per heavy atom. The second-order valence-electron chi connectivity index (χ2n) is 32.8. The number of pyridine rings is 3. The van der Waals surface area contributed by atoms with Gasteiger partial charge in [0.2, 0.25) is 76.6 Å². The van der Waals surface area contributed by atoms with Crippen molar-refractivity contribution in [1.29, 1.82) is 0 Å². The van der Waals surface area contributed by atoms with E-state index in [1.165, 1.54) is 121 Å². The lowest BCUT2D eigenvalue weighted by Gasteiger charge is -2.37. The molecule has 6 aromatic rings. The summed E-state index contributed by atoms with van der Waals surface area (Å²) in [6, 6.07) is 0.411. The molecule has 0 saturated carbocycles. The Morgan fingerprint density at radius 1 is 0.385 bits per heavy atom. The van der Waals surface area contributed by atoms with Gasteiger partial charge >= 0.3 is 5.97 Å². The summed E-state index contributed by atoms with van der Waals surface area (Å²) in [5, 5.41) is 88.2. The van der Waals surface area contributed by atoms with E-state index in [0.717, 1.165) is 4.90 Å². The number of benzene rings is 3. The number of carbonyl (C=O) groups is 12. The molecule has 16 N–H and O–H groups in total. The van der Waals surface area contributed by atoms with Crippen molar-refractivity contribution in [3.8, 4) is 17.2 Å². The summed E-state index contributed by atoms with van der Waals surface area (Å²) in [4.78, 5) is 168. The first kappa shape index (κ1) is 104. The van der Waals surface area contributed by atoms with Crippen molar-refractivity contribution in [3.63, 3.8) is 0 Å². The number of nitrogens with one attached hydrogen (secondary N) is 10. The molecule has 0 spiro atoms. The number of phenolic OH excluding ortho intramolecular Hbond substituents is 3. The van der Waals surface area contributed by atoms with E-state index in [2.05, 4.69) is 68.1 Å². The van der Waals surface area contributed by atoms with Gasteiger partial charge in [-0.15, -0.1) is 0 Å². The summed E-state index contributed by atoms with van der Waals surface area (Å²) in [7, 11) is 1.33. The molecule has 3 aliphatic heterocycles.